The lowest BCUT2D eigenvalue weighted by Gasteiger charge is -2.37. The first-order valence-corrected chi connectivity index (χ1v) is 12.7. The molecular weight excluding hydrogens is 587 g/mol. The number of halogens is 9. The van der Waals surface area contributed by atoms with Gasteiger partial charge in [-0.05, 0) is 73.2 Å². The average Bonchev–Trinajstić information content (AvgIpc) is 3.68. The maximum Gasteiger partial charge on any atom is 0.416 e. The van der Waals surface area contributed by atoms with Crippen molar-refractivity contribution in [3.8, 4) is 0 Å². The van der Waals surface area contributed by atoms with Crippen molar-refractivity contribution in [3.63, 3.8) is 0 Å². The van der Waals surface area contributed by atoms with Gasteiger partial charge in [-0.3, -0.25) is 4.90 Å². The van der Waals surface area contributed by atoms with Gasteiger partial charge < -0.3 is 14.4 Å². The number of carbonyl (C=O) groups is 2. The van der Waals surface area contributed by atoms with E-state index in [2.05, 4.69) is 0 Å². The predicted octanol–water partition coefficient (Wildman–Crippen LogP) is 8.02. The molecule has 1 heterocycles. The lowest BCUT2D eigenvalue weighted by molar-refractivity contribution is -0.143. The number of fused-ring (bicyclic) bond motifs is 1. The van der Waals surface area contributed by atoms with E-state index < -0.39 is 76.9 Å². The predicted molar refractivity (Wildman–Crippen MR) is 130 cm³/mol. The van der Waals surface area contributed by atoms with E-state index in [4.69, 9.17) is 9.47 Å². The smallest absolute Gasteiger partial charge is 0.416 e. The molecule has 230 valence electrons. The third kappa shape index (κ3) is 5.95. The highest BCUT2D eigenvalue weighted by molar-refractivity contribution is 5.92. The second-order valence-corrected chi connectivity index (χ2v) is 10.1. The first-order valence-electron chi connectivity index (χ1n) is 12.7. The lowest BCUT2D eigenvalue weighted by atomic mass is 9.80. The fourth-order valence-electron chi connectivity index (χ4n) is 5.51. The number of benzene rings is 2. The summed E-state index contributed by atoms with van der Waals surface area (Å²) in [6.07, 6.45) is -16.6. The van der Waals surface area contributed by atoms with Gasteiger partial charge >= 0.3 is 30.7 Å². The Bertz CT molecular complexity index is 1320. The summed E-state index contributed by atoms with van der Waals surface area (Å²) in [5.74, 6) is -1.80. The Morgan fingerprint density at radius 2 is 1.45 bits per heavy atom. The fraction of sp³-hybridized carbons (Fsp3) is 0.481. The largest absolute Gasteiger partial charge is 0.453 e. The molecule has 0 bridgehead atoms. The number of anilines is 1. The van der Waals surface area contributed by atoms with Gasteiger partial charge in [-0.25, -0.2) is 9.59 Å². The zero-order valence-corrected chi connectivity index (χ0v) is 22.3. The molecule has 0 radical (unpaired) electrons. The third-order valence-corrected chi connectivity index (χ3v) is 7.38. The molecule has 2 aromatic rings. The Morgan fingerprint density at radius 3 is 1.90 bits per heavy atom. The molecule has 2 aliphatic rings. The van der Waals surface area contributed by atoms with Crippen LogP contribution in [0.15, 0.2) is 36.4 Å². The Hall–Kier alpha value is -3.65. The maximum atomic E-state index is 13.8. The van der Waals surface area contributed by atoms with Crippen molar-refractivity contribution < 1.29 is 58.6 Å². The molecular formula is C27H25F9N2O4. The number of carbonyl (C=O) groups excluding carboxylic acids is 2. The van der Waals surface area contributed by atoms with Crippen LogP contribution < -0.4 is 4.90 Å². The highest BCUT2D eigenvalue weighted by Crippen LogP contribution is 2.57. The van der Waals surface area contributed by atoms with Crippen LogP contribution in [0, 0.1) is 5.92 Å². The normalized spacial score (nSPS) is 19.8. The highest BCUT2D eigenvalue weighted by Gasteiger charge is 2.55. The van der Waals surface area contributed by atoms with Gasteiger partial charge in [-0.2, -0.15) is 39.5 Å². The van der Waals surface area contributed by atoms with Crippen LogP contribution in [-0.4, -0.2) is 43.9 Å². The van der Waals surface area contributed by atoms with E-state index in [1.165, 1.54) is 6.92 Å². The van der Waals surface area contributed by atoms with E-state index in [-0.39, 0.29) is 23.9 Å². The molecule has 2 aromatic carbocycles. The minimum Gasteiger partial charge on any atom is -0.453 e. The van der Waals surface area contributed by atoms with Crippen molar-refractivity contribution in [1.29, 1.82) is 0 Å². The topological polar surface area (TPSA) is 59.1 Å². The van der Waals surface area contributed by atoms with Crippen LogP contribution >= 0.6 is 0 Å². The number of methoxy groups -OCH3 is 1. The van der Waals surface area contributed by atoms with Crippen LogP contribution in [0.2, 0.25) is 0 Å². The van der Waals surface area contributed by atoms with E-state index in [0.717, 1.165) is 30.0 Å². The molecule has 1 fully saturated rings. The minimum absolute atomic E-state index is 0.0605. The fourth-order valence-corrected chi connectivity index (χ4v) is 5.51. The summed E-state index contributed by atoms with van der Waals surface area (Å²) in [5, 5.41) is 0. The third-order valence-electron chi connectivity index (χ3n) is 7.38. The molecule has 6 nitrogen and oxygen atoms in total. The number of amides is 2. The van der Waals surface area contributed by atoms with Crippen LogP contribution in [0.5, 0.6) is 0 Å². The Morgan fingerprint density at radius 1 is 0.905 bits per heavy atom. The van der Waals surface area contributed by atoms with Gasteiger partial charge in [-0.15, -0.1) is 0 Å². The van der Waals surface area contributed by atoms with Gasteiger partial charge in [0.05, 0.1) is 48.2 Å². The van der Waals surface area contributed by atoms with E-state index in [0.29, 0.717) is 37.1 Å². The molecule has 2 amide bonds. The first-order chi connectivity index (χ1) is 19.4. The van der Waals surface area contributed by atoms with Gasteiger partial charge in [-0.1, -0.05) is 0 Å². The maximum absolute atomic E-state index is 13.8. The Kier molecular flexibility index (Phi) is 8.11. The second kappa shape index (κ2) is 10.9. The molecule has 1 aliphatic heterocycles. The van der Waals surface area contributed by atoms with Crippen molar-refractivity contribution in [2.45, 2.75) is 56.3 Å². The monoisotopic (exact) mass is 612 g/mol. The molecule has 0 N–H and O–H groups in total. The van der Waals surface area contributed by atoms with Crippen LogP contribution in [0.25, 0.3) is 0 Å². The molecule has 42 heavy (non-hydrogen) atoms. The van der Waals surface area contributed by atoms with Crippen LogP contribution in [0.1, 0.15) is 59.5 Å². The summed E-state index contributed by atoms with van der Waals surface area (Å²) < 4.78 is 134. The van der Waals surface area contributed by atoms with Crippen molar-refractivity contribution in [1.82, 2.24) is 4.90 Å². The van der Waals surface area contributed by atoms with Crippen molar-refractivity contribution in [2.24, 2.45) is 5.92 Å². The quantitative estimate of drug-likeness (QED) is 0.321. The number of likely N-dealkylation sites (N-methyl/N-ethyl adjacent to an activating group) is 1. The van der Waals surface area contributed by atoms with Crippen LogP contribution in [0.4, 0.5) is 54.8 Å². The lowest BCUT2D eigenvalue weighted by Crippen LogP contribution is -2.45. The zero-order chi connectivity index (χ0) is 31.4. The zero-order valence-electron chi connectivity index (χ0n) is 22.3. The number of alkyl halides is 9. The van der Waals surface area contributed by atoms with Crippen LogP contribution in [-0.2, 0) is 28.0 Å². The second-order valence-electron chi connectivity index (χ2n) is 10.1. The van der Waals surface area contributed by atoms with Crippen LogP contribution in [0.3, 0.4) is 0 Å². The van der Waals surface area contributed by atoms with E-state index >= 15 is 0 Å². The van der Waals surface area contributed by atoms with Gasteiger partial charge in [0, 0.05) is 13.0 Å². The molecule has 4 rings (SSSR count). The average molecular weight is 612 g/mol. The number of hydrogen-bond acceptors (Lipinski definition) is 4. The first kappa shape index (κ1) is 31.3. The van der Waals surface area contributed by atoms with E-state index in [1.54, 1.807) is 0 Å². The number of hydrogen-bond donors (Lipinski definition) is 0. The summed E-state index contributed by atoms with van der Waals surface area (Å²) in [6, 6.07) is 0.372. The Balaban J connectivity index is 2.06. The van der Waals surface area contributed by atoms with Crippen molar-refractivity contribution >= 4 is 17.9 Å². The SMILES string of the molecule is CCOC(=O)N1c2ccc(C(F)(F)F)cc2C(C(c2cc(C(F)(F)F)cc(C(F)(F)F)c2)N(C)C(=O)OC)C1C1CC1. The number of ether oxygens (including phenoxy) is 2. The summed E-state index contributed by atoms with van der Waals surface area (Å²) >= 11 is 0. The summed E-state index contributed by atoms with van der Waals surface area (Å²) in [7, 11) is 1.98. The van der Waals surface area contributed by atoms with Crippen molar-refractivity contribution in [3.05, 3.63) is 64.2 Å². The number of rotatable bonds is 5. The molecule has 0 saturated heterocycles. The molecule has 3 unspecified atom stereocenters. The molecule has 0 aromatic heterocycles. The van der Waals surface area contributed by atoms with Gasteiger partial charge in [0.2, 0.25) is 0 Å². The number of nitrogens with zero attached hydrogens (tertiary/aromatic N) is 2. The highest BCUT2D eigenvalue weighted by atomic mass is 19.4. The summed E-state index contributed by atoms with van der Waals surface area (Å²) in [5.41, 5.74) is -5.43. The molecule has 1 saturated carbocycles. The summed E-state index contributed by atoms with van der Waals surface area (Å²) in [4.78, 5) is 27.7. The molecule has 3 atom stereocenters. The van der Waals surface area contributed by atoms with Gasteiger partial charge in [0.1, 0.15) is 0 Å². The van der Waals surface area contributed by atoms with Gasteiger partial charge in [0.15, 0.2) is 0 Å². The molecule has 1 aliphatic carbocycles. The Labute approximate surface area is 234 Å². The van der Waals surface area contributed by atoms with Gasteiger partial charge in [0.25, 0.3) is 0 Å². The molecule has 15 heteroatoms. The minimum atomic E-state index is -5.24. The summed E-state index contributed by atoms with van der Waals surface area (Å²) in [6.45, 7) is 1.36. The van der Waals surface area contributed by atoms with E-state index in [9.17, 15) is 49.1 Å². The van der Waals surface area contributed by atoms with Crippen molar-refractivity contribution in [2.75, 3.05) is 25.7 Å². The van der Waals surface area contributed by atoms with E-state index in [1.807, 2.05) is 0 Å². The standard InChI is InChI=1S/C27H25F9N2O4/c1-4-42-24(40)38-19-8-7-15(25(28,29)30)12-18(19)20(22(38)13-5-6-13)21(37(2)23(39)41-3)14-9-16(26(31,32)33)11-17(10-14)27(34,35)36/h7-13,20-22H,4-6H2,1-3H3. The molecule has 0 spiro atoms.